The van der Waals surface area contributed by atoms with Gasteiger partial charge in [0, 0.05) is 17.7 Å². The Morgan fingerprint density at radius 2 is 1.59 bits per heavy atom. The SMILES string of the molecule is C/C(=C/CN(C(=O)OC(C)(C)C)C(=O)OC(C)(C)C)c1ccc([N+](=O)[O-])cc1C[S+](C)[O-]. The number of benzene rings is 1. The quantitative estimate of drug-likeness (QED) is 0.325. The van der Waals surface area contributed by atoms with Gasteiger partial charge in [-0.25, -0.2) is 14.5 Å². The van der Waals surface area contributed by atoms with E-state index >= 15 is 0 Å². The van der Waals surface area contributed by atoms with Crippen LogP contribution in [0.15, 0.2) is 24.3 Å². The van der Waals surface area contributed by atoms with Crippen molar-refractivity contribution in [1.29, 1.82) is 0 Å². The Hall–Kier alpha value is -2.59. The minimum atomic E-state index is -1.22. The number of carbonyl (C=O) groups is 2. The molecule has 178 valence electrons. The first-order valence-corrected chi connectivity index (χ1v) is 11.7. The summed E-state index contributed by atoms with van der Waals surface area (Å²) in [7, 11) is 0. The van der Waals surface area contributed by atoms with Crippen molar-refractivity contribution >= 4 is 34.6 Å². The number of ether oxygens (including phenoxy) is 2. The first kappa shape index (κ1) is 27.4. The molecule has 32 heavy (non-hydrogen) atoms. The van der Waals surface area contributed by atoms with Crippen molar-refractivity contribution in [2.24, 2.45) is 0 Å². The van der Waals surface area contributed by atoms with E-state index in [2.05, 4.69) is 0 Å². The number of rotatable bonds is 6. The molecule has 10 heteroatoms. The number of amides is 2. The Bertz CT molecular complexity index is 855. The second kappa shape index (κ2) is 10.8. The monoisotopic (exact) mass is 468 g/mol. The van der Waals surface area contributed by atoms with Crippen molar-refractivity contribution in [1.82, 2.24) is 4.90 Å². The average Bonchev–Trinajstić information content (AvgIpc) is 2.57. The van der Waals surface area contributed by atoms with Crippen LogP contribution in [0.4, 0.5) is 15.3 Å². The lowest BCUT2D eigenvalue weighted by molar-refractivity contribution is -0.384. The molecule has 0 N–H and O–H groups in total. The molecule has 0 aliphatic carbocycles. The molecule has 0 saturated heterocycles. The Labute approximate surface area is 192 Å². The zero-order valence-corrected chi connectivity index (χ0v) is 20.7. The molecule has 1 atom stereocenters. The van der Waals surface area contributed by atoms with Gasteiger partial charge in [0.1, 0.15) is 17.0 Å². The van der Waals surface area contributed by atoms with Crippen LogP contribution in [0, 0.1) is 10.1 Å². The maximum Gasteiger partial charge on any atom is 0.420 e. The van der Waals surface area contributed by atoms with Gasteiger partial charge < -0.3 is 14.0 Å². The van der Waals surface area contributed by atoms with E-state index in [1.807, 2.05) is 0 Å². The minimum absolute atomic E-state index is 0.105. The number of nitrogens with zero attached hydrogens (tertiary/aromatic N) is 2. The highest BCUT2D eigenvalue weighted by Gasteiger charge is 2.30. The number of allylic oxidation sites excluding steroid dienone is 1. The average molecular weight is 469 g/mol. The van der Waals surface area contributed by atoms with Gasteiger partial charge in [-0.1, -0.05) is 17.3 Å². The Morgan fingerprint density at radius 3 is 2.00 bits per heavy atom. The third-order valence-corrected chi connectivity index (χ3v) is 4.61. The molecular formula is C22H32N2O7S. The maximum absolute atomic E-state index is 12.6. The molecule has 2 amide bonds. The van der Waals surface area contributed by atoms with Crippen molar-refractivity contribution in [3.8, 4) is 0 Å². The summed E-state index contributed by atoms with van der Waals surface area (Å²) in [5.74, 6) is 0.129. The number of nitro groups is 1. The van der Waals surface area contributed by atoms with Crippen LogP contribution in [-0.2, 0) is 26.4 Å². The van der Waals surface area contributed by atoms with E-state index in [0.29, 0.717) is 16.7 Å². The van der Waals surface area contributed by atoms with E-state index < -0.39 is 39.5 Å². The van der Waals surface area contributed by atoms with Crippen molar-refractivity contribution in [2.45, 2.75) is 65.4 Å². The molecule has 0 heterocycles. The number of imide groups is 1. The molecule has 0 aliphatic heterocycles. The zero-order chi connectivity index (χ0) is 24.9. The van der Waals surface area contributed by atoms with Crippen LogP contribution < -0.4 is 0 Å². The molecule has 0 spiro atoms. The molecule has 0 saturated carbocycles. The van der Waals surface area contributed by atoms with Gasteiger partial charge in [-0.15, -0.1) is 0 Å². The fraction of sp³-hybridized carbons (Fsp3) is 0.545. The van der Waals surface area contributed by atoms with E-state index in [1.54, 1.807) is 60.6 Å². The highest BCUT2D eigenvalue weighted by atomic mass is 32.2. The lowest BCUT2D eigenvalue weighted by Gasteiger charge is -2.28. The predicted molar refractivity (Wildman–Crippen MR) is 124 cm³/mol. The topological polar surface area (TPSA) is 122 Å². The minimum Gasteiger partial charge on any atom is -0.616 e. The summed E-state index contributed by atoms with van der Waals surface area (Å²) in [5.41, 5.74) is 0.0947. The van der Waals surface area contributed by atoms with E-state index in [-0.39, 0.29) is 18.0 Å². The first-order valence-electron chi connectivity index (χ1n) is 9.98. The lowest BCUT2D eigenvalue weighted by atomic mass is 10.0. The molecule has 1 unspecified atom stereocenters. The fourth-order valence-electron chi connectivity index (χ4n) is 2.61. The number of hydrogen-bond acceptors (Lipinski definition) is 7. The third kappa shape index (κ3) is 9.27. The van der Waals surface area contributed by atoms with Crippen LogP contribution >= 0.6 is 0 Å². The summed E-state index contributed by atoms with van der Waals surface area (Å²) >= 11 is -1.22. The standard InChI is InChI=1S/C22H32N2O7S/c1-15(18-10-9-17(24(27)28)13-16(18)14-32(8)29)11-12-23(19(25)30-21(2,3)4)20(26)31-22(5,6)7/h9-11,13H,12,14H2,1-8H3/b15-11-. The second-order valence-electron chi connectivity index (χ2n) is 9.27. The maximum atomic E-state index is 12.6. The largest absolute Gasteiger partial charge is 0.616 e. The van der Waals surface area contributed by atoms with Crippen molar-refractivity contribution < 1.29 is 28.5 Å². The van der Waals surface area contributed by atoms with Gasteiger partial charge in [-0.3, -0.25) is 10.1 Å². The van der Waals surface area contributed by atoms with Crippen LogP contribution in [0.25, 0.3) is 5.57 Å². The van der Waals surface area contributed by atoms with Crippen molar-refractivity contribution in [3.63, 3.8) is 0 Å². The summed E-state index contributed by atoms with van der Waals surface area (Å²) in [5, 5.41) is 11.1. The van der Waals surface area contributed by atoms with E-state index in [1.165, 1.54) is 18.4 Å². The van der Waals surface area contributed by atoms with Crippen molar-refractivity contribution in [3.05, 3.63) is 45.5 Å². The number of non-ortho nitro benzene ring substituents is 1. The molecule has 0 aromatic heterocycles. The summed E-state index contributed by atoms with van der Waals surface area (Å²) in [4.78, 5) is 36.7. The third-order valence-electron chi connectivity index (χ3n) is 3.89. The van der Waals surface area contributed by atoms with Gasteiger partial charge in [-0.2, -0.15) is 0 Å². The van der Waals surface area contributed by atoms with Gasteiger partial charge in [0.25, 0.3) is 5.69 Å². The fourth-order valence-corrected chi connectivity index (χ4v) is 3.29. The van der Waals surface area contributed by atoms with Gasteiger partial charge in [0.15, 0.2) is 0 Å². The molecule has 9 nitrogen and oxygen atoms in total. The highest BCUT2D eigenvalue weighted by Crippen LogP contribution is 2.26. The highest BCUT2D eigenvalue weighted by molar-refractivity contribution is 7.89. The molecule has 1 aromatic rings. The zero-order valence-electron chi connectivity index (χ0n) is 19.9. The smallest absolute Gasteiger partial charge is 0.420 e. The number of nitro benzene ring substituents is 1. The molecule has 1 aromatic carbocycles. The van der Waals surface area contributed by atoms with Gasteiger partial charge in [-0.05, 0) is 65.7 Å². The summed E-state index contributed by atoms with van der Waals surface area (Å²) < 4.78 is 22.4. The summed E-state index contributed by atoms with van der Waals surface area (Å²) in [6.07, 6.45) is 1.43. The lowest BCUT2D eigenvalue weighted by Crippen LogP contribution is -2.43. The first-order chi connectivity index (χ1) is 14.5. The summed E-state index contributed by atoms with van der Waals surface area (Å²) in [6.45, 7) is 11.7. The van der Waals surface area contributed by atoms with Crippen LogP contribution in [-0.4, -0.2) is 50.6 Å². The molecule has 0 fully saturated rings. The summed E-state index contributed by atoms with van der Waals surface area (Å²) in [6, 6.07) is 4.30. The van der Waals surface area contributed by atoms with Gasteiger partial charge in [0.05, 0.1) is 17.7 Å². The van der Waals surface area contributed by atoms with Crippen molar-refractivity contribution in [2.75, 3.05) is 12.8 Å². The number of hydrogen-bond donors (Lipinski definition) is 0. The van der Waals surface area contributed by atoms with E-state index in [4.69, 9.17) is 9.47 Å². The second-order valence-corrected chi connectivity index (χ2v) is 10.7. The Kier molecular flexibility index (Phi) is 9.28. The molecule has 0 radical (unpaired) electrons. The molecule has 0 aliphatic rings. The normalized spacial score (nSPS) is 13.3. The van der Waals surface area contributed by atoms with Crippen LogP contribution in [0.5, 0.6) is 0 Å². The van der Waals surface area contributed by atoms with Crippen LogP contribution in [0.2, 0.25) is 0 Å². The Morgan fingerprint density at radius 1 is 1.09 bits per heavy atom. The van der Waals surface area contributed by atoms with Gasteiger partial charge >= 0.3 is 12.2 Å². The van der Waals surface area contributed by atoms with Crippen LogP contribution in [0.3, 0.4) is 0 Å². The van der Waals surface area contributed by atoms with Crippen LogP contribution in [0.1, 0.15) is 59.6 Å². The Balaban J connectivity index is 3.28. The molecule has 0 bridgehead atoms. The molecular weight excluding hydrogens is 436 g/mol. The van der Waals surface area contributed by atoms with Gasteiger partial charge in [0.2, 0.25) is 0 Å². The van der Waals surface area contributed by atoms with E-state index in [0.717, 1.165) is 4.90 Å². The predicted octanol–water partition coefficient (Wildman–Crippen LogP) is 5.05. The number of carbonyl (C=O) groups excluding carboxylic acids is 2. The van der Waals surface area contributed by atoms with E-state index in [9.17, 15) is 24.3 Å². The molecule has 1 rings (SSSR count).